The summed E-state index contributed by atoms with van der Waals surface area (Å²) in [6.07, 6.45) is 2.92. The van der Waals surface area contributed by atoms with Crippen LogP contribution in [0.5, 0.6) is 0 Å². The number of benzene rings is 1. The van der Waals surface area contributed by atoms with Crippen LogP contribution in [0.25, 0.3) is 0 Å². The van der Waals surface area contributed by atoms with Gasteiger partial charge in [0.25, 0.3) is 5.91 Å². The van der Waals surface area contributed by atoms with Crippen LogP contribution in [0, 0.1) is 0 Å². The van der Waals surface area contributed by atoms with E-state index in [-0.39, 0.29) is 24.1 Å². The molecule has 1 aliphatic rings. The maximum Gasteiger partial charge on any atom is 0.272 e. The lowest BCUT2D eigenvalue weighted by molar-refractivity contribution is 0.0910. The van der Waals surface area contributed by atoms with Crippen LogP contribution in [0.2, 0.25) is 0 Å². The lowest BCUT2D eigenvalue weighted by Crippen LogP contribution is -2.39. The van der Waals surface area contributed by atoms with Crippen molar-refractivity contribution in [1.82, 2.24) is 15.1 Å². The van der Waals surface area contributed by atoms with Crippen molar-refractivity contribution in [3.8, 4) is 0 Å². The molecule has 2 aromatic rings. The number of nitrogens with one attached hydrogen (secondary N) is 1. The van der Waals surface area contributed by atoms with Crippen molar-refractivity contribution in [2.24, 2.45) is 0 Å². The molecular weight excluding hydrogens is 314 g/mol. The summed E-state index contributed by atoms with van der Waals surface area (Å²) in [4.78, 5) is 12.6. The highest BCUT2D eigenvalue weighted by molar-refractivity contribution is 5.92. The van der Waals surface area contributed by atoms with Crippen molar-refractivity contribution < 1.29 is 9.90 Å². The van der Waals surface area contributed by atoms with Gasteiger partial charge in [-0.1, -0.05) is 30.3 Å². The number of aliphatic hydroxyl groups excluding tert-OH is 1. The number of aliphatic hydroxyl groups is 1. The number of aromatic nitrogens is 2. The Morgan fingerprint density at radius 3 is 2.56 bits per heavy atom. The van der Waals surface area contributed by atoms with Crippen LogP contribution in [0.15, 0.2) is 36.4 Å². The topological polar surface area (TPSA) is 67.2 Å². The average molecular weight is 341 g/mol. The summed E-state index contributed by atoms with van der Waals surface area (Å²) in [6, 6.07) is 11.4. The highest BCUT2D eigenvalue weighted by Crippen LogP contribution is 2.41. The molecule has 1 fully saturated rings. The van der Waals surface area contributed by atoms with Crippen LogP contribution in [0.4, 0.5) is 0 Å². The number of carbonyl (C=O) groups excluding carboxylic acids is 1. The fraction of sp³-hybridized carbons (Fsp3) is 0.500. The Labute approximate surface area is 149 Å². The fourth-order valence-corrected chi connectivity index (χ4v) is 3.03. The van der Waals surface area contributed by atoms with Crippen LogP contribution in [0.3, 0.4) is 0 Å². The number of rotatable bonds is 6. The summed E-state index contributed by atoms with van der Waals surface area (Å²) in [5.41, 5.74) is 2.50. The zero-order valence-electron chi connectivity index (χ0n) is 15.2. The van der Waals surface area contributed by atoms with Crippen molar-refractivity contribution in [1.29, 1.82) is 0 Å². The molecule has 5 heteroatoms. The van der Waals surface area contributed by atoms with Gasteiger partial charge in [0.1, 0.15) is 5.69 Å². The lowest BCUT2D eigenvalue weighted by atomic mass is 10.1. The smallest absolute Gasteiger partial charge is 0.272 e. The predicted molar refractivity (Wildman–Crippen MR) is 97.7 cm³/mol. The van der Waals surface area contributed by atoms with Crippen LogP contribution in [-0.4, -0.2) is 33.4 Å². The maximum atomic E-state index is 12.6. The van der Waals surface area contributed by atoms with Crippen LogP contribution in [0.1, 0.15) is 61.3 Å². The normalized spacial score (nSPS) is 15.8. The van der Waals surface area contributed by atoms with Crippen molar-refractivity contribution in [3.05, 3.63) is 53.3 Å². The molecule has 0 radical (unpaired) electrons. The van der Waals surface area contributed by atoms with Gasteiger partial charge in [0.05, 0.1) is 18.2 Å². The Hall–Kier alpha value is -2.14. The summed E-state index contributed by atoms with van der Waals surface area (Å²) in [5, 5.41) is 17.1. The van der Waals surface area contributed by atoms with Crippen molar-refractivity contribution >= 4 is 5.91 Å². The fourth-order valence-electron chi connectivity index (χ4n) is 3.03. The second-order valence-corrected chi connectivity index (χ2v) is 7.85. The van der Waals surface area contributed by atoms with Gasteiger partial charge in [-0.2, -0.15) is 5.10 Å². The van der Waals surface area contributed by atoms with Crippen LogP contribution >= 0.6 is 0 Å². The first-order valence-electron chi connectivity index (χ1n) is 8.94. The Morgan fingerprint density at radius 1 is 1.32 bits per heavy atom. The van der Waals surface area contributed by atoms with E-state index in [9.17, 15) is 9.90 Å². The van der Waals surface area contributed by atoms with Gasteiger partial charge in [-0.3, -0.25) is 9.48 Å². The van der Waals surface area contributed by atoms with Crippen molar-refractivity contribution in [3.63, 3.8) is 0 Å². The van der Waals surface area contributed by atoms with Gasteiger partial charge in [-0.15, -0.1) is 0 Å². The molecule has 1 heterocycles. The average Bonchev–Trinajstić information content (AvgIpc) is 3.31. The first-order valence-corrected chi connectivity index (χ1v) is 8.94. The number of carbonyl (C=O) groups is 1. The molecule has 1 aliphatic carbocycles. The van der Waals surface area contributed by atoms with E-state index in [1.165, 1.54) is 0 Å². The SMILES string of the molecule is CC(C)(C)n1nc(C(=O)NC(CO)Cc2ccccc2)cc1C1CC1. The van der Waals surface area contributed by atoms with Gasteiger partial charge in [0.2, 0.25) is 0 Å². The number of hydrogen-bond donors (Lipinski definition) is 2. The number of nitrogens with zero attached hydrogens (tertiary/aromatic N) is 2. The summed E-state index contributed by atoms with van der Waals surface area (Å²) in [7, 11) is 0. The lowest BCUT2D eigenvalue weighted by Gasteiger charge is -2.22. The third-order valence-electron chi connectivity index (χ3n) is 4.48. The standard InChI is InChI=1S/C20H27N3O2/c1-20(2,3)23-18(15-9-10-15)12-17(22-23)19(25)21-16(13-24)11-14-7-5-4-6-8-14/h4-8,12,15-16,24H,9-11,13H2,1-3H3,(H,21,25). The number of amides is 1. The van der Waals surface area contributed by atoms with Gasteiger partial charge in [0, 0.05) is 11.6 Å². The van der Waals surface area contributed by atoms with E-state index < -0.39 is 0 Å². The molecule has 3 rings (SSSR count). The summed E-state index contributed by atoms with van der Waals surface area (Å²) in [5.74, 6) is 0.297. The molecular formula is C20H27N3O2. The molecule has 1 amide bonds. The van der Waals surface area contributed by atoms with E-state index in [0.717, 1.165) is 24.1 Å². The molecule has 5 nitrogen and oxygen atoms in total. The van der Waals surface area contributed by atoms with Gasteiger partial charge >= 0.3 is 0 Å². The minimum atomic E-state index is -0.320. The molecule has 0 aliphatic heterocycles. The molecule has 0 saturated heterocycles. The molecule has 2 N–H and O–H groups in total. The quantitative estimate of drug-likeness (QED) is 0.849. The Balaban J connectivity index is 1.74. The third kappa shape index (κ3) is 4.28. The van der Waals surface area contributed by atoms with E-state index in [0.29, 0.717) is 18.0 Å². The zero-order valence-corrected chi connectivity index (χ0v) is 15.2. The monoisotopic (exact) mass is 341 g/mol. The highest BCUT2D eigenvalue weighted by atomic mass is 16.3. The minimum absolute atomic E-state index is 0.101. The molecule has 0 spiro atoms. The number of hydrogen-bond acceptors (Lipinski definition) is 3. The van der Waals surface area contributed by atoms with Gasteiger partial charge in [-0.25, -0.2) is 0 Å². The molecule has 1 saturated carbocycles. The summed E-state index contributed by atoms with van der Waals surface area (Å²) >= 11 is 0. The van der Waals surface area contributed by atoms with Crippen molar-refractivity contribution in [2.75, 3.05) is 6.61 Å². The van der Waals surface area contributed by atoms with Gasteiger partial charge in [-0.05, 0) is 51.7 Å². The van der Waals surface area contributed by atoms with Gasteiger partial charge < -0.3 is 10.4 Å². The third-order valence-corrected chi connectivity index (χ3v) is 4.48. The van der Waals surface area contributed by atoms with Gasteiger partial charge in [0.15, 0.2) is 0 Å². The van der Waals surface area contributed by atoms with Crippen LogP contribution < -0.4 is 5.32 Å². The minimum Gasteiger partial charge on any atom is -0.394 e. The molecule has 0 bridgehead atoms. The van der Waals surface area contributed by atoms with E-state index in [4.69, 9.17) is 0 Å². The highest BCUT2D eigenvalue weighted by Gasteiger charge is 2.32. The molecule has 1 atom stereocenters. The van der Waals surface area contributed by atoms with Crippen LogP contribution in [-0.2, 0) is 12.0 Å². The predicted octanol–water partition coefficient (Wildman–Crippen LogP) is 2.85. The first kappa shape index (κ1) is 17.7. The first-order chi connectivity index (χ1) is 11.9. The van der Waals surface area contributed by atoms with E-state index in [1.54, 1.807) is 0 Å². The Kier molecular flexibility index (Phi) is 4.95. The summed E-state index contributed by atoms with van der Waals surface area (Å²) in [6.45, 7) is 6.19. The maximum absolute atomic E-state index is 12.6. The van der Waals surface area contributed by atoms with E-state index in [2.05, 4.69) is 31.2 Å². The molecule has 1 unspecified atom stereocenters. The zero-order chi connectivity index (χ0) is 18.0. The molecule has 1 aromatic heterocycles. The van der Waals surface area contributed by atoms with Crippen molar-refractivity contribution in [2.45, 2.75) is 57.5 Å². The Bertz CT molecular complexity index is 727. The summed E-state index contributed by atoms with van der Waals surface area (Å²) < 4.78 is 1.98. The van der Waals surface area contributed by atoms with E-state index >= 15 is 0 Å². The molecule has 1 aromatic carbocycles. The second kappa shape index (κ2) is 7.00. The molecule has 134 valence electrons. The Morgan fingerprint density at radius 2 is 2.00 bits per heavy atom. The largest absolute Gasteiger partial charge is 0.394 e. The molecule has 25 heavy (non-hydrogen) atoms. The van der Waals surface area contributed by atoms with E-state index in [1.807, 2.05) is 41.1 Å². The second-order valence-electron chi connectivity index (χ2n) is 7.85.